The average Bonchev–Trinajstić information content (AvgIpc) is 3.24. The lowest BCUT2D eigenvalue weighted by Gasteiger charge is -2.12. The van der Waals surface area contributed by atoms with E-state index in [0.717, 1.165) is 24.2 Å². The highest BCUT2D eigenvalue weighted by Gasteiger charge is 2.15. The molecule has 1 fully saturated rings. The summed E-state index contributed by atoms with van der Waals surface area (Å²) in [5, 5.41) is 10.7. The van der Waals surface area contributed by atoms with Gasteiger partial charge in [0.2, 0.25) is 5.91 Å². The molecule has 124 valence electrons. The van der Waals surface area contributed by atoms with E-state index < -0.39 is 0 Å². The number of carbonyl (C=O) groups excluding carboxylic acids is 1. The summed E-state index contributed by atoms with van der Waals surface area (Å²) < 4.78 is 1.82. The van der Waals surface area contributed by atoms with Gasteiger partial charge in [0.15, 0.2) is 0 Å². The third-order valence-corrected chi connectivity index (χ3v) is 4.10. The van der Waals surface area contributed by atoms with Gasteiger partial charge in [0, 0.05) is 31.4 Å². The normalized spacial score (nSPS) is 16.8. The van der Waals surface area contributed by atoms with Gasteiger partial charge in [0.1, 0.15) is 0 Å². The zero-order valence-electron chi connectivity index (χ0n) is 13.1. The minimum Gasteiger partial charge on any atom is -0.352 e. The number of nitrogens with one attached hydrogen (secondary N) is 2. The molecule has 0 saturated carbocycles. The molecule has 1 aromatic carbocycles. The Hall–Kier alpha value is -1.85. The number of nitrogens with zero attached hydrogens (tertiary/aromatic N) is 2. The Morgan fingerprint density at radius 2 is 2.22 bits per heavy atom. The molecule has 0 bridgehead atoms. The topological polar surface area (TPSA) is 59.0 Å². The van der Waals surface area contributed by atoms with Gasteiger partial charge in [-0.25, -0.2) is 4.68 Å². The van der Waals surface area contributed by atoms with Crippen LogP contribution in [0.15, 0.2) is 42.7 Å². The molecule has 1 saturated heterocycles. The van der Waals surface area contributed by atoms with Gasteiger partial charge in [-0.2, -0.15) is 5.10 Å². The summed E-state index contributed by atoms with van der Waals surface area (Å²) in [7, 11) is 0. The first-order chi connectivity index (χ1) is 10.8. The first kappa shape index (κ1) is 17.5. The van der Waals surface area contributed by atoms with E-state index in [1.54, 1.807) is 6.20 Å². The first-order valence-electron chi connectivity index (χ1n) is 7.91. The van der Waals surface area contributed by atoms with E-state index >= 15 is 0 Å². The van der Waals surface area contributed by atoms with Gasteiger partial charge in [0.05, 0.1) is 5.69 Å². The summed E-state index contributed by atoms with van der Waals surface area (Å²) >= 11 is 0. The van der Waals surface area contributed by atoms with Crippen LogP contribution in [0.4, 0.5) is 0 Å². The van der Waals surface area contributed by atoms with Crippen LogP contribution >= 0.6 is 12.4 Å². The summed E-state index contributed by atoms with van der Waals surface area (Å²) in [6, 6.07) is 10.4. The van der Waals surface area contributed by atoms with E-state index in [0.29, 0.717) is 19.0 Å². The standard InChI is InChI=1S/C17H22N4O.ClH/c22-17(9-8-15-6-3-10-18-15)19-13-14-5-1-2-7-16(14)21-12-4-11-20-21;/h1-2,4-5,7,11-12,15,18H,3,6,8-10,13H2,(H,19,22);1H. The third-order valence-electron chi connectivity index (χ3n) is 4.10. The van der Waals surface area contributed by atoms with Crippen molar-refractivity contribution >= 4 is 18.3 Å². The fraction of sp³-hybridized carbons (Fsp3) is 0.412. The lowest BCUT2D eigenvalue weighted by Crippen LogP contribution is -2.27. The monoisotopic (exact) mass is 334 g/mol. The molecule has 0 aliphatic carbocycles. The second-order valence-electron chi connectivity index (χ2n) is 5.69. The van der Waals surface area contributed by atoms with Crippen LogP contribution in [0.5, 0.6) is 0 Å². The van der Waals surface area contributed by atoms with Crippen molar-refractivity contribution in [3.8, 4) is 5.69 Å². The molecule has 1 unspecified atom stereocenters. The molecular formula is C17H23ClN4O. The van der Waals surface area contributed by atoms with Gasteiger partial charge in [-0.1, -0.05) is 18.2 Å². The van der Waals surface area contributed by atoms with Crippen molar-refractivity contribution in [3.63, 3.8) is 0 Å². The highest BCUT2D eigenvalue weighted by Crippen LogP contribution is 2.14. The van der Waals surface area contributed by atoms with Crippen LogP contribution in [-0.2, 0) is 11.3 Å². The van der Waals surface area contributed by atoms with Crippen LogP contribution in [0, 0.1) is 0 Å². The molecular weight excluding hydrogens is 312 g/mol. The molecule has 1 aliphatic heterocycles. The number of para-hydroxylation sites is 1. The molecule has 2 N–H and O–H groups in total. The van der Waals surface area contributed by atoms with Gasteiger partial charge in [0.25, 0.3) is 0 Å². The minimum absolute atomic E-state index is 0. The molecule has 0 radical (unpaired) electrons. The van der Waals surface area contributed by atoms with Crippen molar-refractivity contribution in [2.45, 2.75) is 38.3 Å². The highest BCUT2D eigenvalue weighted by molar-refractivity contribution is 5.85. The quantitative estimate of drug-likeness (QED) is 0.853. The number of carbonyl (C=O) groups is 1. The lowest BCUT2D eigenvalue weighted by molar-refractivity contribution is -0.121. The molecule has 0 spiro atoms. The molecule has 6 heteroatoms. The second-order valence-corrected chi connectivity index (χ2v) is 5.69. The Morgan fingerprint density at radius 1 is 1.35 bits per heavy atom. The summed E-state index contributed by atoms with van der Waals surface area (Å²) in [4.78, 5) is 12.0. The molecule has 1 amide bonds. The highest BCUT2D eigenvalue weighted by atomic mass is 35.5. The Morgan fingerprint density at radius 3 is 2.96 bits per heavy atom. The van der Waals surface area contributed by atoms with E-state index in [9.17, 15) is 4.79 Å². The van der Waals surface area contributed by atoms with Crippen molar-refractivity contribution in [2.24, 2.45) is 0 Å². The molecule has 2 aromatic rings. The van der Waals surface area contributed by atoms with Gasteiger partial charge in [-0.3, -0.25) is 4.79 Å². The Bertz CT molecular complexity index is 609. The van der Waals surface area contributed by atoms with Crippen molar-refractivity contribution in [1.29, 1.82) is 0 Å². The largest absolute Gasteiger partial charge is 0.352 e. The summed E-state index contributed by atoms with van der Waals surface area (Å²) in [6.45, 7) is 1.62. The number of halogens is 1. The molecule has 23 heavy (non-hydrogen) atoms. The van der Waals surface area contributed by atoms with Crippen molar-refractivity contribution < 1.29 is 4.79 Å². The summed E-state index contributed by atoms with van der Waals surface area (Å²) in [6.07, 6.45) is 7.59. The van der Waals surface area contributed by atoms with E-state index in [4.69, 9.17) is 0 Å². The molecule has 1 aromatic heterocycles. The summed E-state index contributed by atoms with van der Waals surface area (Å²) in [5.41, 5.74) is 2.07. The molecule has 3 rings (SSSR count). The third kappa shape index (κ3) is 4.81. The van der Waals surface area contributed by atoms with Crippen LogP contribution in [0.3, 0.4) is 0 Å². The first-order valence-corrected chi connectivity index (χ1v) is 7.91. The van der Waals surface area contributed by atoms with E-state index in [1.165, 1.54) is 12.8 Å². The van der Waals surface area contributed by atoms with Crippen LogP contribution in [0.25, 0.3) is 5.69 Å². The zero-order valence-corrected chi connectivity index (χ0v) is 13.9. The molecule has 2 heterocycles. The average molecular weight is 335 g/mol. The molecule has 5 nitrogen and oxygen atoms in total. The lowest BCUT2D eigenvalue weighted by atomic mass is 10.1. The second kappa shape index (κ2) is 8.70. The van der Waals surface area contributed by atoms with Gasteiger partial charge >= 0.3 is 0 Å². The van der Waals surface area contributed by atoms with Crippen LogP contribution in [0.1, 0.15) is 31.2 Å². The predicted molar refractivity (Wildman–Crippen MR) is 92.9 cm³/mol. The predicted octanol–water partition coefficient (Wildman–Crippen LogP) is 2.44. The fourth-order valence-corrected chi connectivity index (χ4v) is 2.89. The number of rotatable bonds is 6. The van der Waals surface area contributed by atoms with Gasteiger partial charge in [-0.15, -0.1) is 12.4 Å². The summed E-state index contributed by atoms with van der Waals surface area (Å²) in [5.74, 6) is 0.115. The SMILES string of the molecule is Cl.O=C(CCC1CCCN1)NCc1ccccc1-n1cccn1. The Labute approximate surface area is 142 Å². The number of aromatic nitrogens is 2. The maximum absolute atomic E-state index is 12.0. The smallest absolute Gasteiger partial charge is 0.220 e. The van der Waals surface area contributed by atoms with Crippen LogP contribution < -0.4 is 10.6 Å². The number of hydrogen-bond donors (Lipinski definition) is 2. The van der Waals surface area contributed by atoms with Gasteiger partial charge in [-0.05, 0) is 43.5 Å². The van der Waals surface area contributed by atoms with E-state index in [2.05, 4.69) is 15.7 Å². The van der Waals surface area contributed by atoms with Crippen LogP contribution in [-0.4, -0.2) is 28.3 Å². The van der Waals surface area contributed by atoms with Crippen molar-refractivity contribution in [1.82, 2.24) is 20.4 Å². The fourth-order valence-electron chi connectivity index (χ4n) is 2.89. The van der Waals surface area contributed by atoms with Crippen molar-refractivity contribution in [3.05, 3.63) is 48.3 Å². The van der Waals surface area contributed by atoms with E-state index in [1.807, 2.05) is 41.2 Å². The Balaban J connectivity index is 0.00000192. The number of hydrogen-bond acceptors (Lipinski definition) is 3. The van der Waals surface area contributed by atoms with Crippen molar-refractivity contribution in [2.75, 3.05) is 6.54 Å². The van der Waals surface area contributed by atoms with Gasteiger partial charge < -0.3 is 10.6 Å². The maximum atomic E-state index is 12.0. The maximum Gasteiger partial charge on any atom is 0.220 e. The van der Waals surface area contributed by atoms with E-state index in [-0.39, 0.29) is 18.3 Å². The molecule has 1 aliphatic rings. The Kier molecular flexibility index (Phi) is 6.62. The minimum atomic E-state index is 0. The number of benzene rings is 1. The molecule has 1 atom stereocenters. The number of amides is 1. The zero-order chi connectivity index (χ0) is 15.2. The van der Waals surface area contributed by atoms with Crippen LogP contribution in [0.2, 0.25) is 0 Å².